The van der Waals surface area contributed by atoms with E-state index in [1.807, 2.05) is 23.6 Å². The first kappa shape index (κ1) is 12.4. The van der Waals surface area contributed by atoms with Crippen molar-refractivity contribution >= 4 is 11.8 Å². The molecule has 0 spiro atoms. The normalized spacial score (nSPS) is 13.4. The molecule has 0 bridgehead atoms. The van der Waals surface area contributed by atoms with Gasteiger partial charge in [-0.15, -0.1) is 0 Å². The van der Waals surface area contributed by atoms with Gasteiger partial charge in [0.05, 0.1) is 6.54 Å². The lowest BCUT2D eigenvalue weighted by molar-refractivity contribution is 0.0751. The molecule has 2 amide bonds. The third-order valence-electron chi connectivity index (χ3n) is 3.17. The molecular weight excluding hydrogens is 260 g/mol. The number of nitrogen functional groups attached to an aromatic ring is 1. The van der Waals surface area contributed by atoms with Crippen LogP contribution in [-0.2, 0) is 13.1 Å². The van der Waals surface area contributed by atoms with Crippen molar-refractivity contribution in [1.29, 1.82) is 0 Å². The number of benzene rings is 1. The fourth-order valence-corrected chi connectivity index (χ4v) is 2.20. The van der Waals surface area contributed by atoms with Gasteiger partial charge in [-0.3, -0.25) is 15.0 Å². The Morgan fingerprint density at radius 3 is 3.00 bits per heavy atom. The smallest absolute Gasteiger partial charge is 0.287 e. The van der Waals surface area contributed by atoms with Crippen LogP contribution in [0.15, 0.2) is 34.9 Å². The van der Waals surface area contributed by atoms with E-state index in [1.54, 1.807) is 11.0 Å². The number of carbonyl (C=O) groups excluding carboxylic acids is 2. The van der Waals surface area contributed by atoms with Gasteiger partial charge in [0.1, 0.15) is 0 Å². The highest BCUT2D eigenvalue weighted by molar-refractivity contribution is 5.98. The molecular formula is C13H12N4O3. The molecule has 0 saturated carbocycles. The van der Waals surface area contributed by atoms with Crippen LogP contribution in [-0.4, -0.2) is 21.9 Å². The zero-order valence-corrected chi connectivity index (χ0v) is 10.5. The molecule has 2 heterocycles. The molecule has 1 aromatic heterocycles. The maximum atomic E-state index is 12.2. The molecule has 0 unspecified atom stereocenters. The second kappa shape index (κ2) is 4.78. The fourth-order valence-electron chi connectivity index (χ4n) is 2.20. The summed E-state index contributed by atoms with van der Waals surface area (Å²) in [5, 5.41) is 3.60. The molecule has 102 valence electrons. The van der Waals surface area contributed by atoms with E-state index in [9.17, 15) is 9.59 Å². The van der Waals surface area contributed by atoms with Crippen molar-refractivity contribution in [3.63, 3.8) is 0 Å². The highest BCUT2D eigenvalue weighted by Gasteiger charge is 2.27. The van der Waals surface area contributed by atoms with Crippen molar-refractivity contribution in [2.45, 2.75) is 13.1 Å². The molecule has 3 N–H and O–H groups in total. The zero-order chi connectivity index (χ0) is 14.1. The summed E-state index contributed by atoms with van der Waals surface area (Å²) in [6.07, 6.45) is 0. The molecule has 0 aliphatic carbocycles. The van der Waals surface area contributed by atoms with Gasteiger partial charge in [0.25, 0.3) is 11.8 Å². The predicted molar refractivity (Wildman–Crippen MR) is 68.2 cm³/mol. The lowest BCUT2D eigenvalue weighted by Crippen LogP contribution is -2.30. The van der Waals surface area contributed by atoms with E-state index >= 15 is 0 Å². The largest absolute Gasteiger partial charge is 0.359 e. The van der Waals surface area contributed by atoms with Crippen molar-refractivity contribution < 1.29 is 14.1 Å². The van der Waals surface area contributed by atoms with Gasteiger partial charge in [-0.2, -0.15) is 0 Å². The number of aromatic nitrogens is 1. The first-order chi connectivity index (χ1) is 9.69. The Labute approximate surface area is 114 Å². The van der Waals surface area contributed by atoms with Crippen LogP contribution in [0.25, 0.3) is 0 Å². The van der Waals surface area contributed by atoms with Crippen LogP contribution in [0.2, 0.25) is 0 Å². The van der Waals surface area contributed by atoms with Gasteiger partial charge >= 0.3 is 0 Å². The van der Waals surface area contributed by atoms with E-state index in [0.717, 1.165) is 5.56 Å². The molecule has 0 atom stereocenters. The Morgan fingerprint density at radius 2 is 2.25 bits per heavy atom. The monoisotopic (exact) mass is 272 g/mol. The molecule has 20 heavy (non-hydrogen) atoms. The lowest BCUT2D eigenvalue weighted by atomic mass is 10.1. The van der Waals surface area contributed by atoms with Crippen LogP contribution in [0.4, 0.5) is 0 Å². The maximum absolute atomic E-state index is 12.2. The number of nitrogens with one attached hydrogen (secondary N) is 1. The number of carbonyl (C=O) groups is 2. The van der Waals surface area contributed by atoms with Gasteiger partial charge in [0.2, 0.25) is 0 Å². The van der Waals surface area contributed by atoms with Crippen LogP contribution in [0.3, 0.4) is 0 Å². The van der Waals surface area contributed by atoms with Gasteiger partial charge in [-0.05, 0) is 11.6 Å². The Hall–Kier alpha value is -2.67. The van der Waals surface area contributed by atoms with Crippen LogP contribution in [0.1, 0.15) is 32.2 Å². The Morgan fingerprint density at radius 1 is 1.45 bits per heavy atom. The van der Waals surface area contributed by atoms with Crippen molar-refractivity contribution in [3.8, 4) is 0 Å². The summed E-state index contributed by atoms with van der Waals surface area (Å²) in [5.41, 5.74) is 3.74. The number of fused-ring (bicyclic) bond motifs is 1. The first-order valence-corrected chi connectivity index (χ1v) is 6.03. The number of hydrazine groups is 1. The summed E-state index contributed by atoms with van der Waals surface area (Å²) in [5.74, 6) is 4.86. The Bertz CT molecular complexity index is 680. The van der Waals surface area contributed by atoms with E-state index in [2.05, 4.69) is 5.16 Å². The molecule has 7 nitrogen and oxygen atoms in total. The van der Waals surface area contributed by atoms with Crippen molar-refractivity contribution in [3.05, 3.63) is 52.9 Å². The van der Waals surface area contributed by atoms with Crippen molar-refractivity contribution in [1.82, 2.24) is 15.5 Å². The summed E-state index contributed by atoms with van der Waals surface area (Å²) >= 11 is 0. The predicted octanol–water partition coefficient (Wildman–Crippen LogP) is 0.434. The zero-order valence-electron chi connectivity index (χ0n) is 10.5. The molecule has 0 radical (unpaired) electrons. The topological polar surface area (TPSA) is 101 Å². The molecule has 7 heteroatoms. The number of amides is 2. The average molecular weight is 272 g/mol. The van der Waals surface area contributed by atoms with E-state index in [4.69, 9.17) is 10.4 Å². The summed E-state index contributed by atoms with van der Waals surface area (Å²) in [7, 11) is 0. The van der Waals surface area contributed by atoms with E-state index in [1.165, 1.54) is 6.07 Å². The number of nitrogens with zero attached hydrogens (tertiary/aromatic N) is 2. The van der Waals surface area contributed by atoms with Crippen molar-refractivity contribution in [2.75, 3.05) is 0 Å². The third kappa shape index (κ3) is 2.04. The molecule has 1 aliphatic heterocycles. The lowest BCUT2D eigenvalue weighted by Gasteiger charge is -2.12. The van der Waals surface area contributed by atoms with Crippen LogP contribution in [0, 0.1) is 0 Å². The van der Waals surface area contributed by atoms with Gasteiger partial charge in [-0.25, -0.2) is 5.84 Å². The molecule has 0 saturated heterocycles. The maximum Gasteiger partial charge on any atom is 0.287 e. The van der Waals surface area contributed by atoms with Gasteiger partial charge in [0, 0.05) is 18.2 Å². The van der Waals surface area contributed by atoms with Gasteiger partial charge < -0.3 is 9.42 Å². The second-order valence-electron chi connectivity index (χ2n) is 4.47. The molecule has 1 aliphatic rings. The van der Waals surface area contributed by atoms with Gasteiger partial charge in [-0.1, -0.05) is 23.4 Å². The number of nitrogens with two attached hydrogens (primary N) is 1. The minimum atomic E-state index is -0.531. The molecule has 3 rings (SSSR count). The highest BCUT2D eigenvalue weighted by Crippen LogP contribution is 2.24. The highest BCUT2D eigenvalue weighted by atomic mass is 16.5. The number of rotatable bonds is 3. The second-order valence-corrected chi connectivity index (χ2v) is 4.47. The molecule has 1 aromatic carbocycles. The standard InChI is InChI=1S/C13H12N4O3/c14-15-12(18)11-5-9(20-16-11)7-17-6-8-3-1-2-4-10(8)13(17)19/h1-5H,6-7,14H2,(H,15,18). The van der Waals surface area contributed by atoms with Crippen LogP contribution in [0.5, 0.6) is 0 Å². The SMILES string of the molecule is NNC(=O)c1cc(CN2Cc3ccccc3C2=O)on1. The van der Waals surface area contributed by atoms with E-state index in [-0.39, 0.29) is 18.1 Å². The fraction of sp³-hybridized carbons (Fsp3) is 0.154. The quantitative estimate of drug-likeness (QED) is 0.479. The van der Waals surface area contributed by atoms with E-state index < -0.39 is 5.91 Å². The number of hydrogen-bond acceptors (Lipinski definition) is 5. The third-order valence-corrected chi connectivity index (χ3v) is 3.17. The summed E-state index contributed by atoms with van der Waals surface area (Å²) in [6.45, 7) is 0.784. The Kier molecular flexibility index (Phi) is 2.96. The minimum absolute atomic E-state index is 0.0539. The van der Waals surface area contributed by atoms with Gasteiger partial charge in [0.15, 0.2) is 11.5 Å². The summed E-state index contributed by atoms with van der Waals surface area (Å²) in [6, 6.07) is 8.91. The molecule has 2 aromatic rings. The average Bonchev–Trinajstić information content (AvgIpc) is 3.05. The Balaban J connectivity index is 1.76. The number of hydrogen-bond donors (Lipinski definition) is 2. The van der Waals surface area contributed by atoms with Crippen LogP contribution >= 0.6 is 0 Å². The van der Waals surface area contributed by atoms with E-state index in [0.29, 0.717) is 17.9 Å². The summed E-state index contributed by atoms with van der Waals surface area (Å²) < 4.78 is 5.04. The van der Waals surface area contributed by atoms with Crippen molar-refractivity contribution in [2.24, 2.45) is 5.84 Å². The summed E-state index contributed by atoms with van der Waals surface area (Å²) in [4.78, 5) is 25.1. The van der Waals surface area contributed by atoms with Crippen LogP contribution < -0.4 is 11.3 Å². The first-order valence-electron chi connectivity index (χ1n) is 6.03. The molecule has 0 fully saturated rings. The minimum Gasteiger partial charge on any atom is -0.359 e.